The topological polar surface area (TPSA) is 67.9 Å². The normalized spacial score (nSPS) is 14.3. The largest absolute Gasteiger partial charge is 0.493 e. The average molecular weight is 296 g/mol. The molecule has 2 rings (SSSR count). The van der Waals surface area contributed by atoms with Crippen LogP contribution in [0.5, 0.6) is 11.5 Å². The van der Waals surface area contributed by atoms with Gasteiger partial charge in [0, 0.05) is 11.8 Å². The summed E-state index contributed by atoms with van der Waals surface area (Å²) in [5.41, 5.74) is 0.604. The Kier molecular flexibility index (Phi) is 4.73. The third-order valence-corrected chi connectivity index (χ3v) is 3.77. The number of rotatable bonds is 5. The van der Waals surface area contributed by atoms with Crippen molar-refractivity contribution in [3.05, 3.63) is 18.2 Å². The predicted octanol–water partition coefficient (Wildman–Crippen LogP) is 1.18. The van der Waals surface area contributed by atoms with Crippen molar-refractivity contribution >= 4 is 29.3 Å². The van der Waals surface area contributed by atoms with Crippen molar-refractivity contribution in [1.29, 1.82) is 0 Å². The highest BCUT2D eigenvalue weighted by molar-refractivity contribution is 8.00. The highest BCUT2D eigenvalue weighted by Gasteiger charge is 2.22. The molecule has 1 aliphatic rings. The van der Waals surface area contributed by atoms with Crippen LogP contribution in [0.4, 0.5) is 5.69 Å². The summed E-state index contributed by atoms with van der Waals surface area (Å²) in [4.78, 5) is 24.8. The van der Waals surface area contributed by atoms with Gasteiger partial charge in [0.2, 0.25) is 11.8 Å². The van der Waals surface area contributed by atoms with Crippen molar-refractivity contribution in [2.45, 2.75) is 0 Å². The maximum atomic E-state index is 11.9. The van der Waals surface area contributed by atoms with Crippen molar-refractivity contribution in [2.24, 2.45) is 0 Å². The van der Waals surface area contributed by atoms with E-state index in [9.17, 15) is 9.59 Å². The number of carbonyl (C=O) groups is 2. The first kappa shape index (κ1) is 14.5. The maximum Gasteiger partial charge on any atom is 0.244 e. The molecule has 20 heavy (non-hydrogen) atoms. The van der Waals surface area contributed by atoms with Crippen LogP contribution in [-0.4, -0.2) is 49.1 Å². The van der Waals surface area contributed by atoms with E-state index < -0.39 is 0 Å². The van der Waals surface area contributed by atoms with Gasteiger partial charge in [-0.2, -0.15) is 0 Å². The van der Waals surface area contributed by atoms with E-state index in [4.69, 9.17) is 9.47 Å². The van der Waals surface area contributed by atoms with Gasteiger partial charge in [-0.15, -0.1) is 11.8 Å². The molecule has 7 heteroatoms. The summed E-state index contributed by atoms with van der Waals surface area (Å²) in [6.07, 6.45) is 0. The molecule has 1 aromatic rings. The Morgan fingerprint density at radius 2 is 2.10 bits per heavy atom. The average Bonchev–Trinajstić information content (AvgIpc) is 2.84. The van der Waals surface area contributed by atoms with Gasteiger partial charge in [-0.25, -0.2) is 0 Å². The van der Waals surface area contributed by atoms with E-state index in [2.05, 4.69) is 5.32 Å². The minimum atomic E-state index is -0.229. The Labute approximate surface area is 121 Å². The second-order valence-electron chi connectivity index (χ2n) is 4.19. The standard InChI is InChI=1S/C13H16N2O4S/c1-18-10-4-3-9(5-11(10)19-2)14-12(16)6-15-8-20-7-13(15)17/h3-5H,6-8H2,1-2H3,(H,14,16). The molecule has 0 aliphatic carbocycles. The quantitative estimate of drug-likeness (QED) is 0.883. The van der Waals surface area contributed by atoms with Crippen LogP contribution in [0.15, 0.2) is 18.2 Å². The lowest BCUT2D eigenvalue weighted by atomic mass is 10.2. The molecule has 1 saturated heterocycles. The Bertz CT molecular complexity index is 521. The molecule has 1 aliphatic heterocycles. The summed E-state index contributed by atoms with van der Waals surface area (Å²) in [6.45, 7) is 0.0696. The summed E-state index contributed by atoms with van der Waals surface area (Å²) in [5.74, 6) is 1.92. The highest BCUT2D eigenvalue weighted by atomic mass is 32.2. The SMILES string of the molecule is COc1ccc(NC(=O)CN2CSCC2=O)cc1OC. The lowest BCUT2D eigenvalue weighted by Crippen LogP contribution is -2.34. The molecule has 0 spiro atoms. The van der Waals surface area contributed by atoms with Crippen molar-refractivity contribution in [3.63, 3.8) is 0 Å². The fourth-order valence-electron chi connectivity index (χ4n) is 1.83. The second-order valence-corrected chi connectivity index (χ2v) is 5.14. The van der Waals surface area contributed by atoms with Crippen LogP contribution in [0, 0.1) is 0 Å². The maximum absolute atomic E-state index is 11.9. The summed E-state index contributed by atoms with van der Waals surface area (Å²) in [6, 6.07) is 5.11. The number of carbonyl (C=O) groups excluding carboxylic acids is 2. The van der Waals surface area contributed by atoms with Crippen LogP contribution in [0.3, 0.4) is 0 Å². The molecule has 0 radical (unpaired) electrons. The smallest absolute Gasteiger partial charge is 0.244 e. The van der Waals surface area contributed by atoms with Crippen LogP contribution < -0.4 is 14.8 Å². The third-order valence-electron chi connectivity index (χ3n) is 2.83. The fourth-order valence-corrected chi connectivity index (χ4v) is 2.73. The highest BCUT2D eigenvalue weighted by Crippen LogP contribution is 2.29. The van der Waals surface area contributed by atoms with Gasteiger partial charge in [0.05, 0.1) is 25.8 Å². The summed E-state index contributed by atoms with van der Waals surface area (Å²) >= 11 is 1.51. The second kappa shape index (κ2) is 6.51. The van der Waals surface area contributed by atoms with Crippen LogP contribution in [-0.2, 0) is 9.59 Å². The summed E-state index contributed by atoms with van der Waals surface area (Å²) < 4.78 is 10.3. The molecular formula is C13H16N2O4S. The molecule has 1 N–H and O–H groups in total. The molecule has 0 aromatic heterocycles. The van der Waals surface area contributed by atoms with Gasteiger partial charge in [-0.05, 0) is 12.1 Å². The number of nitrogens with zero attached hydrogens (tertiary/aromatic N) is 1. The lowest BCUT2D eigenvalue weighted by molar-refractivity contribution is -0.130. The van der Waals surface area contributed by atoms with Crippen LogP contribution in [0.2, 0.25) is 0 Å². The Morgan fingerprint density at radius 3 is 2.70 bits per heavy atom. The Hall–Kier alpha value is -1.89. The number of nitrogens with one attached hydrogen (secondary N) is 1. The molecule has 1 aromatic carbocycles. The number of hydrogen-bond donors (Lipinski definition) is 1. The number of benzene rings is 1. The van der Waals surface area contributed by atoms with Gasteiger partial charge in [-0.3, -0.25) is 9.59 Å². The van der Waals surface area contributed by atoms with Gasteiger partial charge in [0.1, 0.15) is 6.54 Å². The number of ether oxygens (including phenoxy) is 2. The molecule has 2 amide bonds. The predicted molar refractivity (Wildman–Crippen MR) is 77.2 cm³/mol. The van der Waals surface area contributed by atoms with Crippen molar-refractivity contribution in [3.8, 4) is 11.5 Å². The lowest BCUT2D eigenvalue weighted by Gasteiger charge is -2.15. The van der Waals surface area contributed by atoms with Gasteiger partial charge < -0.3 is 19.7 Å². The Balaban J connectivity index is 1.98. The zero-order chi connectivity index (χ0) is 14.5. The molecule has 0 unspecified atom stereocenters. The van der Waals surface area contributed by atoms with E-state index in [0.29, 0.717) is 28.8 Å². The van der Waals surface area contributed by atoms with Gasteiger partial charge >= 0.3 is 0 Å². The van der Waals surface area contributed by atoms with Crippen LogP contribution in [0.1, 0.15) is 0 Å². The zero-order valence-electron chi connectivity index (χ0n) is 11.3. The first-order valence-electron chi connectivity index (χ1n) is 6.01. The minimum absolute atomic E-state index is 0.00235. The first-order chi connectivity index (χ1) is 9.63. The minimum Gasteiger partial charge on any atom is -0.493 e. The van der Waals surface area contributed by atoms with E-state index in [1.807, 2.05) is 0 Å². The summed E-state index contributed by atoms with van der Waals surface area (Å²) in [7, 11) is 3.08. The monoisotopic (exact) mass is 296 g/mol. The number of hydrogen-bond acceptors (Lipinski definition) is 5. The van der Waals surface area contributed by atoms with E-state index in [0.717, 1.165) is 0 Å². The first-order valence-corrected chi connectivity index (χ1v) is 7.17. The number of amides is 2. The number of thioether (sulfide) groups is 1. The van der Waals surface area contributed by atoms with Gasteiger partial charge in [0.15, 0.2) is 11.5 Å². The number of methoxy groups -OCH3 is 2. The molecule has 0 saturated carbocycles. The van der Waals surface area contributed by atoms with E-state index in [1.165, 1.54) is 23.8 Å². The molecule has 1 fully saturated rings. The van der Waals surface area contributed by atoms with Gasteiger partial charge in [-0.1, -0.05) is 0 Å². The van der Waals surface area contributed by atoms with Crippen molar-refractivity contribution < 1.29 is 19.1 Å². The zero-order valence-corrected chi connectivity index (χ0v) is 12.2. The van der Waals surface area contributed by atoms with Crippen molar-refractivity contribution in [2.75, 3.05) is 37.7 Å². The third kappa shape index (κ3) is 3.36. The summed E-state index contributed by atoms with van der Waals surface area (Å²) in [5, 5.41) is 2.74. The van der Waals surface area contributed by atoms with E-state index in [-0.39, 0.29) is 18.4 Å². The Morgan fingerprint density at radius 1 is 1.35 bits per heavy atom. The van der Waals surface area contributed by atoms with Crippen LogP contribution >= 0.6 is 11.8 Å². The van der Waals surface area contributed by atoms with Crippen LogP contribution in [0.25, 0.3) is 0 Å². The molecule has 108 valence electrons. The van der Waals surface area contributed by atoms with Gasteiger partial charge in [0.25, 0.3) is 0 Å². The van der Waals surface area contributed by atoms with Crippen molar-refractivity contribution in [1.82, 2.24) is 4.90 Å². The fraction of sp³-hybridized carbons (Fsp3) is 0.385. The van der Waals surface area contributed by atoms with E-state index >= 15 is 0 Å². The molecule has 0 atom stereocenters. The van der Waals surface area contributed by atoms with E-state index in [1.54, 1.807) is 25.3 Å². The molecule has 1 heterocycles. The molecule has 0 bridgehead atoms. The molecular weight excluding hydrogens is 280 g/mol. The number of anilines is 1. The molecule has 6 nitrogen and oxygen atoms in total.